The van der Waals surface area contributed by atoms with Gasteiger partial charge in [0.25, 0.3) is 4.84 Å². The van der Waals surface area contributed by atoms with E-state index in [0.29, 0.717) is 23.8 Å². The highest BCUT2D eigenvalue weighted by atomic mass is 32.1. The molecule has 2 heterocycles. The van der Waals surface area contributed by atoms with Crippen LogP contribution in [0.1, 0.15) is 11.5 Å². The van der Waals surface area contributed by atoms with E-state index in [1.165, 1.54) is 17.0 Å². The highest BCUT2D eigenvalue weighted by molar-refractivity contribution is 7.71. The number of aromatic nitrogens is 2. The van der Waals surface area contributed by atoms with Gasteiger partial charge in [0.05, 0.1) is 32.6 Å². The molecule has 1 saturated heterocycles. The fourth-order valence-corrected chi connectivity index (χ4v) is 3.60. The van der Waals surface area contributed by atoms with Crippen molar-refractivity contribution in [3.63, 3.8) is 0 Å². The zero-order chi connectivity index (χ0) is 18.6. The number of nitrogens with one attached hydrogen (secondary N) is 1. The Morgan fingerprint density at radius 2 is 1.74 bits per heavy atom. The lowest BCUT2D eigenvalue weighted by atomic mass is 10.2. The lowest BCUT2D eigenvalue weighted by Gasteiger charge is -2.33. The van der Waals surface area contributed by atoms with Gasteiger partial charge in [-0.15, -0.1) is 5.10 Å². The molecular formula is C20H22FN4OS+. The summed E-state index contributed by atoms with van der Waals surface area (Å²) in [5.74, 6) is 0.449. The third-order valence-electron chi connectivity index (χ3n) is 4.88. The number of hydrogen-bond donors (Lipinski definition) is 1. The molecule has 2 aromatic carbocycles. The number of anilines is 1. The van der Waals surface area contributed by atoms with Crippen molar-refractivity contribution in [1.29, 1.82) is 0 Å². The van der Waals surface area contributed by atoms with Crippen LogP contribution >= 0.6 is 12.2 Å². The van der Waals surface area contributed by atoms with E-state index >= 15 is 0 Å². The maximum Gasteiger partial charge on any atom is 0.291 e. The van der Waals surface area contributed by atoms with E-state index in [1.807, 2.05) is 30.3 Å². The topological polar surface area (TPSA) is 38.6 Å². The predicted octanol–water partition coefficient (Wildman–Crippen LogP) is 2.30. The van der Waals surface area contributed by atoms with Gasteiger partial charge < -0.3 is 14.2 Å². The zero-order valence-electron chi connectivity index (χ0n) is 15.0. The molecule has 0 amide bonds. The van der Waals surface area contributed by atoms with E-state index in [2.05, 4.69) is 22.1 Å². The third-order valence-corrected chi connectivity index (χ3v) is 5.18. The second kappa shape index (κ2) is 8.02. The maximum absolute atomic E-state index is 13.1. The first-order valence-corrected chi connectivity index (χ1v) is 9.53. The molecule has 27 heavy (non-hydrogen) atoms. The van der Waals surface area contributed by atoms with E-state index in [1.54, 1.807) is 4.68 Å². The Bertz CT molecular complexity index is 931. The van der Waals surface area contributed by atoms with Gasteiger partial charge in [0.2, 0.25) is 5.89 Å². The molecule has 1 aliphatic rings. The van der Waals surface area contributed by atoms with Crippen molar-refractivity contribution in [1.82, 2.24) is 9.78 Å². The molecule has 0 saturated carbocycles. The number of benzene rings is 2. The number of hydrogen-bond acceptors (Lipinski definition) is 4. The zero-order valence-corrected chi connectivity index (χ0v) is 15.8. The van der Waals surface area contributed by atoms with Crippen molar-refractivity contribution >= 4 is 17.9 Å². The largest absolute Gasteiger partial charge is 0.413 e. The first kappa shape index (κ1) is 17.9. The molecule has 1 aliphatic heterocycles. The van der Waals surface area contributed by atoms with Crippen molar-refractivity contribution < 1.29 is 13.7 Å². The van der Waals surface area contributed by atoms with Gasteiger partial charge in [0, 0.05) is 5.69 Å². The lowest BCUT2D eigenvalue weighted by Crippen LogP contribution is -3.14. The Balaban J connectivity index is 1.35. The maximum atomic E-state index is 13.1. The van der Waals surface area contributed by atoms with Crippen molar-refractivity contribution in [3.05, 3.63) is 76.7 Å². The minimum atomic E-state index is -0.199. The molecule has 1 fully saturated rings. The first-order chi connectivity index (χ1) is 13.2. The number of rotatable bonds is 5. The van der Waals surface area contributed by atoms with Gasteiger partial charge >= 0.3 is 0 Å². The fraction of sp³-hybridized carbons (Fsp3) is 0.300. The van der Waals surface area contributed by atoms with Gasteiger partial charge in [-0.1, -0.05) is 30.3 Å². The quantitative estimate of drug-likeness (QED) is 0.684. The normalized spacial score (nSPS) is 15.2. The number of quaternary nitrogens is 1. The van der Waals surface area contributed by atoms with Crippen LogP contribution in [0, 0.1) is 10.7 Å². The molecule has 4 rings (SSSR count). The van der Waals surface area contributed by atoms with Crippen molar-refractivity contribution in [2.24, 2.45) is 0 Å². The van der Waals surface area contributed by atoms with Crippen LogP contribution in [0.25, 0.3) is 0 Å². The predicted molar refractivity (Wildman–Crippen MR) is 104 cm³/mol. The van der Waals surface area contributed by atoms with Gasteiger partial charge in [0.1, 0.15) is 5.82 Å². The van der Waals surface area contributed by atoms with Crippen molar-refractivity contribution in [2.75, 3.05) is 31.1 Å². The minimum Gasteiger partial charge on any atom is -0.413 e. The van der Waals surface area contributed by atoms with E-state index < -0.39 is 0 Å². The Hall–Kier alpha value is -2.51. The summed E-state index contributed by atoms with van der Waals surface area (Å²) >= 11 is 5.34. The summed E-state index contributed by atoms with van der Waals surface area (Å²) in [6.45, 7) is 4.49. The van der Waals surface area contributed by atoms with Crippen molar-refractivity contribution in [3.8, 4) is 0 Å². The summed E-state index contributed by atoms with van der Waals surface area (Å²) in [6.07, 6.45) is 0.644. The highest BCUT2D eigenvalue weighted by Gasteiger charge is 2.21. The van der Waals surface area contributed by atoms with Gasteiger partial charge in [0.15, 0.2) is 6.67 Å². The average Bonchev–Trinajstić information content (AvgIpc) is 3.03. The molecule has 0 spiro atoms. The molecule has 0 unspecified atom stereocenters. The highest BCUT2D eigenvalue weighted by Crippen LogP contribution is 2.14. The summed E-state index contributed by atoms with van der Waals surface area (Å²) in [4.78, 5) is 4.12. The number of halogens is 1. The van der Waals surface area contributed by atoms with Crippen molar-refractivity contribution in [2.45, 2.75) is 13.1 Å². The molecule has 1 aromatic heterocycles. The second-order valence-corrected chi connectivity index (χ2v) is 7.14. The van der Waals surface area contributed by atoms with Crippen LogP contribution in [-0.2, 0) is 13.1 Å². The Morgan fingerprint density at radius 1 is 1.04 bits per heavy atom. The molecule has 3 aromatic rings. The summed E-state index contributed by atoms with van der Waals surface area (Å²) in [6, 6.07) is 16.8. The number of piperazine rings is 1. The minimum absolute atomic E-state index is 0.199. The Morgan fingerprint density at radius 3 is 2.44 bits per heavy atom. The van der Waals surface area contributed by atoms with Crippen LogP contribution in [0.2, 0.25) is 0 Å². The van der Waals surface area contributed by atoms with Gasteiger partial charge in [-0.3, -0.25) is 0 Å². The SMILES string of the molecule is Fc1ccc(N2CC[NH+](Cn3nc(Cc4ccccc4)oc3=S)CC2)cc1. The second-order valence-electron chi connectivity index (χ2n) is 6.80. The van der Waals surface area contributed by atoms with Crippen LogP contribution in [0.3, 0.4) is 0 Å². The van der Waals surface area contributed by atoms with Crippen LogP contribution in [0.15, 0.2) is 59.0 Å². The molecule has 5 nitrogen and oxygen atoms in total. The number of nitrogens with zero attached hydrogens (tertiary/aromatic N) is 3. The van der Waals surface area contributed by atoms with Crippen LogP contribution in [0.5, 0.6) is 0 Å². The Labute approximate surface area is 162 Å². The summed E-state index contributed by atoms with van der Waals surface area (Å²) < 4.78 is 20.5. The van der Waals surface area contributed by atoms with E-state index in [9.17, 15) is 4.39 Å². The van der Waals surface area contributed by atoms with Crippen LogP contribution in [0.4, 0.5) is 10.1 Å². The summed E-state index contributed by atoms with van der Waals surface area (Å²) in [5.41, 5.74) is 2.22. The van der Waals surface area contributed by atoms with Crippen LogP contribution < -0.4 is 9.80 Å². The van der Waals surface area contributed by atoms with E-state index in [0.717, 1.165) is 37.4 Å². The molecule has 0 atom stereocenters. The molecular weight excluding hydrogens is 363 g/mol. The molecule has 1 N–H and O–H groups in total. The first-order valence-electron chi connectivity index (χ1n) is 9.12. The lowest BCUT2D eigenvalue weighted by molar-refractivity contribution is -0.924. The monoisotopic (exact) mass is 385 g/mol. The smallest absolute Gasteiger partial charge is 0.291 e. The van der Waals surface area contributed by atoms with Gasteiger partial charge in [-0.2, -0.15) is 4.68 Å². The van der Waals surface area contributed by atoms with Crippen LogP contribution in [-0.4, -0.2) is 36.0 Å². The van der Waals surface area contributed by atoms with Gasteiger partial charge in [-0.05, 0) is 42.0 Å². The Kier molecular flexibility index (Phi) is 5.31. The molecule has 0 bridgehead atoms. The van der Waals surface area contributed by atoms with Gasteiger partial charge in [-0.25, -0.2) is 4.39 Å². The molecule has 0 radical (unpaired) electrons. The summed E-state index contributed by atoms with van der Waals surface area (Å²) in [5, 5.41) is 4.56. The average molecular weight is 385 g/mol. The summed E-state index contributed by atoms with van der Waals surface area (Å²) in [7, 11) is 0. The van der Waals surface area contributed by atoms with E-state index in [4.69, 9.17) is 16.6 Å². The fourth-order valence-electron chi connectivity index (χ4n) is 3.39. The third kappa shape index (κ3) is 4.43. The molecule has 0 aliphatic carbocycles. The standard InChI is InChI=1S/C20H21FN4OS/c21-17-6-8-18(9-7-17)24-12-10-23(11-13-24)15-25-20(27)26-19(22-25)14-16-4-2-1-3-5-16/h1-9H,10-15H2/p+1. The molecule has 140 valence electrons. The molecule has 7 heteroatoms. The van der Waals surface area contributed by atoms with E-state index in [-0.39, 0.29) is 5.82 Å².